The van der Waals surface area contributed by atoms with Gasteiger partial charge in [-0.1, -0.05) is 13.2 Å². The van der Waals surface area contributed by atoms with E-state index in [-0.39, 0.29) is 0 Å². The van der Waals surface area contributed by atoms with Crippen LogP contribution >= 0.6 is 6.89 Å². The molecule has 0 bridgehead atoms. The Balaban J connectivity index is 3.64. The summed E-state index contributed by atoms with van der Waals surface area (Å²) in [7, 11) is 0. The molecule has 0 amide bonds. The standard InChI is InChI=1S/C12H19N2P/c1-8-9(2)11(13-4)14-12(10(8)3)15(5,6)7/h4-5H2,1-3,6-7H3. The Labute approximate surface area is 92.4 Å². The van der Waals surface area contributed by atoms with Gasteiger partial charge in [0.15, 0.2) is 5.82 Å². The maximum absolute atomic E-state index is 4.58. The highest BCUT2D eigenvalue weighted by atomic mass is 31.2. The van der Waals surface area contributed by atoms with Gasteiger partial charge in [0.25, 0.3) is 0 Å². The summed E-state index contributed by atoms with van der Waals surface area (Å²) < 4.78 is 0. The topological polar surface area (TPSA) is 25.2 Å². The predicted molar refractivity (Wildman–Crippen MR) is 73.2 cm³/mol. The summed E-state index contributed by atoms with van der Waals surface area (Å²) in [5, 5.41) is 0. The van der Waals surface area contributed by atoms with Crippen LogP contribution in [0.5, 0.6) is 0 Å². The van der Waals surface area contributed by atoms with E-state index < -0.39 is 6.89 Å². The maximum Gasteiger partial charge on any atom is 0.155 e. The minimum Gasteiger partial charge on any atom is -0.245 e. The number of aliphatic imine (C=N–C) groups is 1. The molecule has 0 radical (unpaired) electrons. The summed E-state index contributed by atoms with van der Waals surface area (Å²) in [5.74, 6) is 0.754. The van der Waals surface area contributed by atoms with E-state index in [0.717, 1.165) is 16.8 Å². The van der Waals surface area contributed by atoms with E-state index in [1.165, 1.54) is 11.1 Å². The third kappa shape index (κ3) is 2.21. The van der Waals surface area contributed by atoms with E-state index in [2.05, 4.69) is 50.2 Å². The summed E-state index contributed by atoms with van der Waals surface area (Å²) in [5.41, 5.74) is 4.76. The van der Waals surface area contributed by atoms with Gasteiger partial charge in [-0.25, -0.2) is 9.98 Å². The fraction of sp³-hybridized carbons (Fsp3) is 0.417. The Morgan fingerprint density at radius 1 is 1.07 bits per heavy atom. The van der Waals surface area contributed by atoms with Crippen LogP contribution in [0, 0.1) is 20.8 Å². The number of aromatic nitrogens is 1. The van der Waals surface area contributed by atoms with Crippen molar-refractivity contribution in [3.8, 4) is 0 Å². The molecule has 15 heavy (non-hydrogen) atoms. The highest BCUT2D eigenvalue weighted by Gasteiger charge is 2.15. The van der Waals surface area contributed by atoms with Crippen molar-refractivity contribution in [1.29, 1.82) is 0 Å². The summed E-state index contributed by atoms with van der Waals surface area (Å²) >= 11 is 0. The first-order valence-corrected chi connectivity index (χ1v) is 7.79. The molecule has 1 rings (SSSR count). The molecule has 0 saturated heterocycles. The Kier molecular flexibility index (Phi) is 3.20. The zero-order valence-corrected chi connectivity index (χ0v) is 11.2. The second kappa shape index (κ2) is 3.94. The molecule has 0 saturated carbocycles. The van der Waals surface area contributed by atoms with Gasteiger partial charge in [-0.3, -0.25) is 0 Å². The number of nitrogens with zero attached hydrogens (tertiary/aromatic N) is 2. The molecule has 1 aromatic rings. The van der Waals surface area contributed by atoms with Crippen LogP contribution in [0.15, 0.2) is 4.99 Å². The lowest BCUT2D eigenvalue weighted by molar-refractivity contribution is 1.18. The van der Waals surface area contributed by atoms with E-state index in [9.17, 15) is 0 Å². The average Bonchev–Trinajstić information content (AvgIpc) is 2.13. The van der Waals surface area contributed by atoms with Gasteiger partial charge < -0.3 is 0 Å². The third-order valence-corrected chi connectivity index (χ3v) is 4.31. The Morgan fingerprint density at radius 3 is 2.00 bits per heavy atom. The smallest absolute Gasteiger partial charge is 0.155 e. The molecule has 0 aliphatic heterocycles. The van der Waals surface area contributed by atoms with Gasteiger partial charge in [0.1, 0.15) is 0 Å². The van der Waals surface area contributed by atoms with Crippen LogP contribution in [0.3, 0.4) is 0 Å². The second-order valence-corrected chi connectivity index (χ2v) is 8.27. The lowest BCUT2D eigenvalue weighted by atomic mass is 10.1. The van der Waals surface area contributed by atoms with Gasteiger partial charge in [0, 0.05) is 0 Å². The molecule has 0 atom stereocenters. The van der Waals surface area contributed by atoms with Crippen molar-refractivity contribution < 1.29 is 0 Å². The fourth-order valence-electron chi connectivity index (χ4n) is 1.63. The molecule has 2 nitrogen and oxygen atoms in total. The van der Waals surface area contributed by atoms with Crippen LogP contribution in [0.2, 0.25) is 0 Å². The van der Waals surface area contributed by atoms with Crippen molar-refractivity contribution in [3.63, 3.8) is 0 Å². The molecule has 0 unspecified atom stereocenters. The second-order valence-electron chi connectivity index (χ2n) is 4.48. The molecule has 0 N–H and O–H groups in total. The predicted octanol–water partition coefficient (Wildman–Crippen LogP) is 2.67. The summed E-state index contributed by atoms with van der Waals surface area (Å²) in [6, 6.07) is 0. The molecule has 0 aliphatic rings. The van der Waals surface area contributed by atoms with E-state index in [0.29, 0.717) is 0 Å². The number of pyridine rings is 1. The lowest BCUT2D eigenvalue weighted by Crippen LogP contribution is -2.15. The summed E-state index contributed by atoms with van der Waals surface area (Å²) in [4.78, 5) is 8.56. The van der Waals surface area contributed by atoms with E-state index >= 15 is 0 Å². The number of rotatable bonds is 2. The molecule has 1 heterocycles. The third-order valence-electron chi connectivity index (χ3n) is 2.73. The zero-order chi connectivity index (χ0) is 11.8. The molecule has 3 heteroatoms. The van der Waals surface area contributed by atoms with Gasteiger partial charge in [0.2, 0.25) is 0 Å². The largest absolute Gasteiger partial charge is 0.245 e. The first-order chi connectivity index (χ1) is 6.79. The molecular formula is C12H19N2P. The van der Waals surface area contributed by atoms with Crippen molar-refractivity contribution in [2.24, 2.45) is 4.99 Å². The first kappa shape index (κ1) is 12.2. The minimum absolute atomic E-state index is 0.754. The quantitative estimate of drug-likeness (QED) is 0.558. The Morgan fingerprint density at radius 2 is 1.60 bits per heavy atom. The van der Waals surface area contributed by atoms with Crippen molar-refractivity contribution in [2.45, 2.75) is 20.8 Å². The highest BCUT2D eigenvalue weighted by Crippen LogP contribution is 2.36. The molecular weight excluding hydrogens is 203 g/mol. The van der Waals surface area contributed by atoms with Crippen LogP contribution in [0.1, 0.15) is 16.7 Å². The number of hydrogen-bond donors (Lipinski definition) is 0. The zero-order valence-electron chi connectivity index (χ0n) is 10.3. The average molecular weight is 222 g/mol. The molecule has 82 valence electrons. The van der Waals surface area contributed by atoms with Crippen molar-refractivity contribution in [3.05, 3.63) is 16.7 Å². The van der Waals surface area contributed by atoms with Crippen molar-refractivity contribution >= 4 is 31.2 Å². The van der Waals surface area contributed by atoms with Crippen LogP contribution in [0.25, 0.3) is 0 Å². The fourth-order valence-corrected chi connectivity index (χ4v) is 3.07. The normalized spacial score (nSPS) is 11.5. The number of hydrogen-bond acceptors (Lipinski definition) is 2. The van der Waals surface area contributed by atoms with Crippen LogP contribution in [-0.4, -0.2) is 31.3 Å². The van der Waals surface area contributed by atoms with Gasteiger partial charge in [0.05, 0.1) is 5.44 Å². The molecule has 0 aliphatic carbocycles. The highest BCUT2D eigenvalue weighted by molar-refractivity contribution is 7.79. The van der Waals surface area contributed by atoms with Crippen LogP contribution in [0.4, 0.5) is 5.82 Å². The van der Waals surface area contributed by atoms with E-state index in [1.807, 2.05) is 6.92 Å². The monoisotopic (exact) mass is 222 g/mol. The Bertz CT molecular complexity index is 455. The van der Waals surface area contributed by atoms with E-state index in [4.69, 9.17) is 0 Å². The maximum atomic E-state index is 4.58. The molecule has 0 spiro atoms. The van der Waals surface area contributed by atoms with Gasteiger partial charge >= 0.3 is 0 Å². The molecule has 0 fully saturated rings. The van der Waals surface area contributed by atoms with Gasteiger partial charge in [-0.15, -0.1) is 0 Å². The van der Waals surface area contributed by atoms with Crippen molar-refractivity contribution in [2.75, 3.05) is 13.3 Å². The van der Waals surface area contributed by atoms with Crippen LogP contribution in [-0.2, 0) is 0 Å². The summed E-state index contributed by atoms with van der Waals surface area (Å²) in [6.45, 7) is 12.8. The Hall–Kier alpha value is -0.880. The first-order valence-electron chi connectivity index (χ1n) is 4.92. The minimum atomic E-state index is -1.34. The molecule has 0 aromatic carbocycles. The van der Waals surface area contributed by atoms with Crippen molar-refractivity contribution in [1.82, 2.24) is 4.98 Å². The lowest BCUT2D eigenvalue weighted by Gasteiger charge is -2.19. The van der Waals surface area contributed by atoms with Crippen LogP contribution < -0.4 is 5.44 Å². The van der Waals surface area contributed by atoms with E-state index in [1.54, 1.807) is 0 Å². The van der Waals surface area contributed by atoms with Gasteiger partial charge in [-0.2, -0.15) is 0 Å². The summed E-state index contributed by atoms with van der Waals surface area (Å²) in [6.07, 6.45) is 4.23. The van der Waals surface area contributed by atoms with Gasteiger partial charge in [-0.05, 0) is 57.5 Å². The SMILES string of the molecule is C=Nc1nc(P(=C)(C)C)c(C)c(C)c1C. The molecule has 1 aromatic heterocycles.